The van der Waals surface area contributed by atoms with Crippen molar-refractivity contribution in [2.45, 2.75) is 6.92 Å². The minimum Gasteiger partial charge on any atom is -0.0911 e. The van der Waals surface area contributed by atoms with Crippen LogP contribution >= 0.6 is 0 Å². The highest BCUT2D eigenvalue weighted by atomic mass is 14.0. The third-order valence-corrected chi connectivity index (χ3v) is 2.56. The van der Waals surface area contributed by atoms with Gasteiger partial charge in [-0.1, -0.05) is 66.8 Å². The number of hydrogen-bond acceptors (Lipinski definition) is 0. The fourth-order valence-corrected chi connectivity index (χ4v) is 1.60. The van der Waals surface area contributed by atoms with Gasteiger partial charge in [-0.15, -0.1) is 0 Å². The third kappa shape index (κ3) is 2.60. The zero-order valence-electron chi connectivity index (χ0n) is 9.48. The number of rotatable bonds is 2. The molecule has 0 spiro atoms. The van der Waals surface area contributed by atoms with Gasteiger partial charge >= 0.3 is 0 Å². The van der Waals surface area contributed by atoms with Crippen molar-refractivity contribution >= 4 is 5.57 Å². The van der Waals surface area contributed by atoms with Crippen LogP contribution in [0.15, 0.2) is 66.8 Å². The number of hydrogen-bond donors (Lipinski definition) is 0. The Kier molecular flexibility index (Phi) is 3.21. The van der Waals surface area contributed by atoms with Gasteiger partial charge in [0.15, 0.2) is 0 Å². The van der Waals surface area contributed by atoms with Gasteiger partial charge in [-0.25, -0.2) is 0 Å². The van der Waals surface area contributed by atoms with Crippen LogP contribution in [0.2, 0.25) is 0 Å². The maximum Gasteiger partial charge on any atom is 0.0125 e. The number of aryl methyl sites for hydroxylation is 1. The Labute approximate surface area is 97.3 Å². The second-order valence-corrected chi connectivity index (χ2v) is 3.95. The van der Waals surface area contributed by atoms with E-state index in [1.165, 1.54) is 16.7 Å². The lowest BCUT2D eigenvalue weighted by molar-refractivity contribution is 1.45. The lowest BCUT2D eigenvalue weighted by Crippen LogP contribution is -1.85. The maximum atomic E-state index is 4.09. The van der Waals surface area contributed by atoms with Gasteiger partial charge in [0.25, 0.3) is 0 Å². The van der Waals surface area contributed by atoms with E-state index < -0.39 is 0 Å². The van der Waals surface area contributed by atoms with Crippen molar-refractivity contribution in [2.24, 2.45) is 0 Å². The zero-order chi connectivity index (χ0) is 11.4. The van der Waals surface area contributed by atoms with E-state index in [1.54, 1.807) is 0 Å². The average molecular weight is 207 g/mol. The molecule has 0 nitrogen and oxygen atoms in total. The van der Waals surface area contributed by atoms with Crippen LogP contribution in [-0.4, -0.2) is 0 Å². The molecule has 1 aromatic rings. The van der Waals surface area contributed by atoms with Crippen molar-refractivity contribution in [3.05, 3.63) is 84.3 Å². The Morgan fingerprint density at radius 2 is 1.81 bits per heavy atom. The fourth-order valence-electron chi connectivity index (χ4n) is 1.60. The summed E-state index contributed by atoms with van der Waals surface area (Å²) in [6.07, 6.45) is 12.4. The smallest absolute Gasteiger partial charge is 0.0125 e. The molecule has 0 atom stereocenters. The summed E-state index contributed by atoms with van der Waals surface area (Å²) in [5, 5.41) is 0. The minimum absolute atomic E-state index is 1.05. The van der Waals surface area contributed by atoms with Crippen molar-refractivity contribution < 1.29 is 0 Å². The van der Waals surface area contributed by atoms with Crippen molar-refractivity contribution in [2.75, 3.05) is 0 Å². The first-order valence-corrected chi connectivity index (χ1v) is 5.41. The van der Waals surface area contributed by atoms with E-state index in [1.807, 2.05) is 18.2 Å². The van der Waals surface area contributed by atoms with E-state index in [0.717, 1.165) is 5.57 Å². The van der Waals surface area contributed by atoms with Crippen LogP contribution in [0, 0.1) is 13.3 Å². The summed E-state index contributed by atoms with van der Waals surface area (Å²) in [6, 6.07) is 8.44. The molecule has 0 unspecified atom stereocenters. The van der Waals surface area contributed by atoms with Gasteiger partial charge in [-0.05, 0) is 23.6 Å². The first kappa shape index (κ1) is 10.7. The van der Waals surface area contributed by atoms with Crippen LogP contribution in [0.3, 0.4) is 0 Å². The molecule has 0 aliphatic heterocycles. The monoisotopic (exact) mass is 207 g/mol. The van der Waals surface area contributed by atoms with Crippen LogP contribution in [0.4, 0.5) is 0 Å². The number of allylic oxidation sites excluding steroid dienone is 7. The molecule has 1 aliphatic carbocycles. The summed E-state index contributed by atoms with van der Waals surface area (Å²) >= 11 is 0. The summed E-state index contributed by atoms with van der Waals surface area (Å²) < 4.78 is 0. The molecule has 2 rings (SSSR count). The van der Waals surface area contributed by atoms with Gasteiger partial charge in [-0.2, -0.15) is 0 Å². The molecule has 0 N–H and O–H groups in total. The van der Waals surface area contributed by atoms with Crippen molar-refractivity contribution in [3.8, 4) is 0 Å². The molecule has 79 valence electrons. The molecule has 0 saturated carbocycles. The molecular weight excluding hydrogens is 192 g/mol. The van der Waals surface area contributed by atoms with E-state index in [9.17, 15) is 0 Å². The standard InChI is InChI=1S/C16H15/c1-13-8-10-16(11-9-13)14(2)12-15-6-4-3-5-7-15/h3-12H,2H2,1H3. The van der Waals surface area contributed by atoms with Crippen molar-refractivity contribution in [3.63, 3.8) is 0 Å². The van der Waals surface area contributed by atoms with E-state index >= 15 is 0 Å². The molecule has 0 aromatic heterocycles. The molecule has 0 heterocycles. The van der Waals surface area contributed by atoms with E-state index in [4.69, 9.17) is 0 Å². The Hall–Kier alpha value is -1.82. The molecule has 1 aliphatic rings. The average Bonchev–Trinajstić information content (AvgIpc) is 2.31. The van der Waals surface area contributed by atoms with E-state index in [0.29, 0.717) is 0 Å². The maximum absolute atomic E-state index is 4.09. The number of benzene rings is 1. The Balaban J connectivity index is 2.17. The zero-order valence-corrected chi connectivity index (χ0v) is 9.48. The second-order valence-electron chi connectivity index (χ2n) is 3.95. The normalized spacial score (nSPS) is 16.7. The summed E-state index contributed by atoms with van der Waals surface area (Å²) in [4.78, 5) is 0. The first-order valence-electron chi connectivity index (χ1n) is 5.41. The topological polar surface area (TPSA) is 0 Å². The van der Waals surface area contributed by atoms with Gasteiger partial charge in [0.1, 0.15) is 0 Å². The molecule has 1 aromatic carbocycles. The quantitative estimate of drug-likeness (QED) is 0.679. The molecule has 0 fully saturated rings. The predicted molar refractivity (Wildman–Crippen MR) is 70.9 cm³/mol. The second kappa shape index (κ2) is 4.80. The molecule has 1 radical (unpaired) electrons. The van der Waals surface area contributed by atoms with Crippen molar-refractivity contribution in [1.82, 2.24) is 0 Å². The van der Waals surface area contributed by atoms with Gasteiger partial charge in [0.2, 0.25) is 0 Å². The highest BCUT2D eigenvalue weighted by molar-refractivity contribution is 5.74. The highest BCUT2D eigenvalue weighted by Crippen LogP contribution is 2.19. The summed E-state index contributed by atoms with van der Waals surface area (Å²) in [7, 11) is 0. The van der Waals surface area contributed by atoms with Crippen LogP contribution in [0.1, 0.15) is 11.1 Å². The third-order valence-electron chi connectivity index (χ3n) is 2.56. The SMILES string of the molecule is C=C(/C=C1/[CH]C=CC=C1)c1ccc(C)cc1. The lowest BCUT2D eigenvalue weighted by Gasteiger charge is -2.05. The minimum atomic E-state index is 1.05. The molecule has 0 saturated heterocycles. The molecule has 0 heteroatoms. The highest BCUT2D eigenvalue weighted by Gasteiger charge is 1.98. The van der Waals surface area contributed by atoms with E-state index in [-0.39, 0.29) is 0 Å². The Morgan fingerprint density at radius 3 is 2.44 bits per heavy atom. The lowest BCUT2D eigenvalue weighted by atomic mass is 10.0. The van der Waals surface area contributed by atoms with Crippen LogP contribution in [0.25, 0.3) is 5.57 Å². The van der Waals surface area contributed by atoms with Crippen LogP contribution in [-0.2, 0) is 0 Å². The van der Waals surface area contributed by atoms with Crippen LogP contribution < -0.4 is 0 Å². The van der Waals surface area contributed by atoms with Crippen LogP contribution in [0.5, 0.6) is 0 Å². The van der Waals surface area contributed by atoms with Gasteiger partial charge < -0.3 is 0 Å². The van der Waals surface area contributed by atoms with Gasteiger partial charge in [-0.3, -0.25) is 0 Å². The Morgan fingerprint density at radius 1 is 1.06 bits per heavy atom. The molecule has 16 heavy (non-hydrogen) atoms. The fraction of sp³-hybridized carbons (Fsp3) is 0.0625. The van der Waals surface area contributed by atoms with Gasteiger partial charge in [0, 0.05) is 6.42 Å². The van der Waals surface area contributed by atoms with Crippen molar-refractivity contribution in [1.29, 1.82) is 0 Å². The first-order chi connectivity index (χ1) is 7.75. The summed E-state index contributed by atoms with van der Waals surface area (Å²) in [5.41, 5.74) is 4.69. The summed E-state index contributed by atoms with van der Waals surface area (Å²) in [6.45, 7) is 6.19. The van der Waals surface area contributed by atoms with Gasteiger partial charge in [0.05, 0.1) is 0 Å². The largest absolute Gasteiger partial charge is 0.0911 e. The molecule has 0 bridgehead atoms. The Bertz CT molecular complexity index is 467. The van der Waals surface area contributed by atoms with E-state index in [2.05, 4.69) is 56.3 Å². The molecular formula is C16H15. The molecule has 0 amide bonds. The summed E-state index contributed by atoms with van der Waals surface area (Å²) in [5.74, 6) is 0. The predicted octanol–water partition coefficient (Wildman–Crippen LogP) is 4.26.